The van der Waals surface area contributed by atoms with E-state index in [1.165, 1.54) is 86.6 Å². The summed E-state index contributed by atoms with van der Waals surface area (Å²) >= 11 is 1.87. The summed E-state index contributed by atoms with van der Waals surface area (Å²) in [6, 6.07) is 64.5. The minimum absolute atomic E-state index is 0.162. The van der Waals surface area contributed by atoms with Crippen molar-refractivity contribution in [1.29, 1.82) is 0 Å². The van der Waals surface area contributed by atoms with Crippen LogP contribution in [0.25, 0.3) is 109 Å². The van der Waals surface area contributed by atoms with Crippen molar-refractivity contribution in [1.82, 2.24) is 9.97 Å². The Balaban J connectivity index is 0.885. The predicted molar refractivity (Wildman–Crippen MR) is 247 cm³/mol. The van der Waals surface area contributed by atoms with E-state index in [0.717, 1.165) is 33.1 Å². The Bertz CT molecular complexity index is 3460. The summed E-state index contributed by atoms with van der Waals surface area (Å²) in [4.78, 5) is 10.3. The first-order valence-corrected chi connectivity index (χ1v) is 20.8. The highest BCUT2D eigenvalue weighted by molar-refractivity contribution is 7.25. The van der Waals surface area contributed by atoms with Crippen LogP contribution in [0.5, 0.6) is 0 Å². The van der Waals surface area contributed by atoms with Crippen LogP contribution in [0.2, 0.25) is 0 Å². The molecule has 58 heavy (non-hydrogen) atoms. The molecule has 0 radical (unpaired) electrons. The molecule has 1 aliphatic rings. The zero-order chi connectivity index (χ0) is 38.5. The Kier molecular flexibility index (Phi) is 7.18. The van der Waals surface area contributed by atoms with Gasteiger partial charge in [-0.15, -0.1) is 11.3 Å². The molecule has 0 spiro atoms. The smallest absolute Gasteiger partial charge is 0.0979 e. The van der Waals surface area contributed by atoms with Crippen LogP contribution in [0.1, 0.15) is 25.0 Å². The Labute approximate surface area is 340 Å². The Morgan fingerprint density at radius 2 is 0.862 bits per heavy atom. The summed E-state index contributed by atoms with van der Waals surface area (Å²) in [5, 5.41) is 7.33. The lowest BCUT2D eigenvalue weighted by atomic mass is 9.80. The second-order valence-electron chi connectivity index (χ2n) is 16.2. The average Bonchev–Trinajstić information content (AvgIpc) is 3.77. The molecule has 0 N–H and O–H groups in total. The quantitative estimate of drug-likeness (QED) is 0.167. The van der Waals surface area contributed by atoms with Gasteiger partial charge >= 0.3 is 0 Å². The molecule has 1 aliphatic carbocycles. The molecule has 2 heterocycles. The molecule has 0 aliphatic heterocycles. The monoisotopic (exact) mass is 756 g/mol. The van der Waals surface area contributed by atoms with E-state index in [1.54, 1.807) is 0 Å². The molecule has 2 aromatic heterocycles. The molecule has 0 saturated carbocycles. The first-order chi connectivity index (χ1) is 28.5. The first kappa shape index (κ1) is 33.2. The number of aromatic nitrogens is 2. The fourth-order valence-electron chi connectivity index (χ4n) is 9.50. The maximum Gasteiger partial charge on any atom is 0.0979 e. The van der Waals surface area contributed by atoms with Gasteiger partial charge in [-0.25, -0.2) is 4.98 Å². The molecule has 0 unspecified atom stereocenters. The average molecular weight is 757 g/mol. The van der Waals surface area contributed by atoms with Crippen LogP contribution in [0.4, 0.5) is 0 Å². The Morgan fingerprint density at radius 1 is 0.379 bits per heavy atom. The van der Waals surface area contributed by atoms with E-state index < -0.39 is 0 Å². The van der Waals surface area contributed by atoms with Crippen LogP contribution in [-0.4, -0.2) is 9.97 Å². The van der Waals surface area contributed by atoms with Crippen molar-refractivity contribution in [2.24, 2.45) is 0 Å². The minimum atomic E-state index is -0.162. The Morgan fingerprint density at radius 3 is 1.52 bits per heavy atom. The zero-order valence-electron chi connectivity index (χ0n) is 32.1. The van der Waals surface area contributed by atoms with Gasteiger partial charge in [0.2, 0.25) is 0 Å². The summed E-state index contributed by atoms with van der Waals surface area (Å²) in [5.74, 6) is 0. The first-order valence-electron chi connectivity index (χ1n) is 20.0. The predicted octanol–water partition coefficient (Wildman–Crippen LogP) is 15.3. The molecule has 0 bridgehead atoms. The standard InChI is InChI=1S/C55H36N2S/c1-55(2)48-30-37(34-12-9-11-33(27-34)36-23-26-52-47(29-36)44-17-7-8-20-51(44)58-52)21-24-42(48)43-25-22-38(31-49(43)55)35-13-10-14-39(28-35)50-32-56-53-45-18-5-3-15-40(45)41-16-4-6-19-46(41)54(53)57-50/h3-32H,1-2H3. The Hall–Kier alpha value is -6.94. The molecule has 0 fully saturated rings. The molecule has 0 saturated heterocycles. The van der Waals surface area contributed by atoms with Gasteiger partial charge in [0.25, 0.3) is 0 Å². The number of rotatable bonds is 4. The third kappa shape index (κ3) is 5.03. The largest absolute Gasteiger partial charge is 0.252 e. The maximum absolute atomic E-state index is 5.28. The van der Waals surface area contributed by atoms with Gasteiger partial charge < -0.3 is 0 Å². The number of nitrogens with zero attached hydrogens (tertiary/aromatic N) is 2. The van der Waals surface area contributed by atoms with E-state index >= 15 is 0 Å². The lowest BCUT2D eigenvalue weighted by Crippen LogP contribution is -2.15. The van der Waals surface area contributed by atoms with Gasteiger partial charge in [0.15, 0.2) is 0 Å². The van der Waals surface area contributed by atoms with Crippen molar-refractivity contribution >= 4 is 64.1 Å². The third-order valence-electron chi connectivity index (χ3n) is 12.5. The summed E-state index contributed by atoms with van der Waals surface area (Å²) in [6.45, 7) is 4.74. The molecule has 2 nitrogen and oxygen atoms in total. The molecule has 272 valence electrons. The number of hydrogen-bond donors (Lipinski definition) is 0. The van der Waals surface area contributed by atoms with Gasteiger partial charge in [0.05, 0.1) is 22.9 Å². The highest BCUT2D eigenvalue weighted by atomic mass is 32.1. The van der Waals surface area contributed by atoms with Crippen LogP contribution < -0.4 is 0 Å². The maximum atomic E-state index is 5.28. The number of thiophene rings is 1. The molecule has 3 heteroatoms. The zero-order valence-corrected chi connectivity index (χ0v) is 32.9. The summed E-state index contributed by atoms with van der Waals surface area (Å²) in [7, 11) is 0. The molecular weight excluding hydrogens is 721 g/mol. The summed E-state index contributed by atoms with van der Waals surface area (Å²) < 4.78 is 2.67. The number of hydrogen-bond acceptors (Lipinski definition) is 3. The van der Waals surface area contributed by atoms with Crippen molar-refractivity contribution in [2.75, 3.05) is 0 Å². The van der Waals surface area contributed by atoms with Crippen LogP contribution in [0.15, 0.2) is 182 Å². The van der Waals surface area contributed by atoms with E-state index in [2.05, 4.69) is 190 Å². The van der Waals surface area contributed by atoms with Gasteiger partial charge in [-0.3, -0.25) is 4.98 Å². The molecule has 11 aromatic rings. The van der Waals surface area contributed by atoms with Crippen LogP contribution >= 0.6 is 11.3 Å². The van der Waals surface area contributed by atoms with Gasteiger partial charge in [-0.05, 0) is 109 Å². The van der Waals surface area contributed by atoms with Crippen molar-refractivity contribution in [3.63, 3.8) is 0 Å². The fraction of sp³-hybridized carbons (Fsp3) is 0.0545. The fourth-order valence-corrected chi connectivity index (χ4v) is 10.6. The molecule has 12 rings (SSSR count). The van der Waals surface area contributed by atoms with E-state index in [4.69, 9.17) is 9.97 Å². The van der Waals surface area contributed by atoms with Gasteiger partial charge in [-0.1, -0.05) is 147 Å². The van der Waals surface area contributed by atoms with Crippen LogP contribution in [0.3, 0.4) is 0 Å². The van der Waals surface area contributed by atoms with Crippen LogP contribution in [0, 0.1) is 0 Å². The van der Waals surface area contributed by atoms with E-state index in [-0.39, 0.29) is 5.41 Å². The van der Waals surface area contributed by atoms with Crippen molar-refractivity contribution in [3.8, 4) is 55.8 Å². The SMILES string of the molecule is CC1(C)c2cc(-c3cccc(-c4ccc5sc6ccccc6c5c4)c3)ccc2-c2ccc(-c3cccc(-c4cnc5c6ccccc6c6ccccc6c5n4)c3)cc21. The summed E-state index contributed by atoms with van der Waals surface area (Å²) in [6.07, 6.45) is 1.93. The second-order valence-corrected chi connectivity index (χ2v) is 17.2. The highest BCUT2D eigenvalue weighted by Gasteiger charge is 2.36. The van der Waals surface area contributed by atoms with Crippen molar-refractivity contribution in [3.05, 3.63) is 193 Å². The van der Waals surface area contributed by atoms with Crippen molar-refractivity contribution in [2.45, 2.75) is 19.3 Å². The van der Waals surface area contributed by atoms with E-state index in [9.17, 15) is 0 Å². The molecule has 0 amide bonds. The lowest BCUT2D eigenvalue weighted by Gasteiger charge is -2.23. The number of benzene rings is 9. The lowest BCUT2D eigenvalue weighted by molar-refractivity contribution is 0.661. The van der Waals surface area contributed by atoms with Gasteiger partial charge in [0, 0.05) is 41.9 Å². The van der Waals surface area contributed by atoms with Crippen molar-refractivity contribution < 1.29 is 0 Å². The van der Waals surface area contributed by atoms with Crippen LogP contribution in [-0.2, 0) is 5.41 Å². The molecule has 9 aromatic carbocycles. The van der Waals surface area contributed by atoms with Gasteiger partial charge in [-0.2, -0.15) is 0 Å². The third-order valence-corrected chi connectivity index (χ3v) is 13.7. The van der Waals surface area contributed by atoms with E-state index in [0.29, 0.717) is 0 Å². The minimum Gasteiger partial charge on any atom is -0.252 e. The van der Waals surface area contributed by atoms with Gasteiger partial charge in [0.1, 0.15) is 0 Å². The molecular formula is C55H36N2S. The topological polar surface area (TPSA) is 25.8 Å². The molecule has 0 atom stereocenters. The number of fused-ring (bicyclic) bond motifs is 12. The normalized spacial score (nSPS) is 13.1. The second kappa shape index (κ2) is 12.5. The van der Waals surface area contributed by atoms with E-state index in [1.807, 2.05) is 17.5 Å². The summed E-state index contributed by atoms with van der Waals surface area (Å²) in [5.41, 5.74) is 16.4. The highest BCUT2D eigenvalue weighted by Crippen LogP contribution is 2.51.